The third kappa shape index (κ3) is 4.84. The summed E-state index contributed by atoms with van der Waals surface area (Å²) in [5.74, 6) is 0.781. The fraction of sp³-hybridized carbons (Fsp3) is 0.500. The molecule has 0 spiro atoms. The monoisotopic (exact) mass is 291 g/mol. The molecule has 1 N–H and O–H groups in total. The maximum absolute atomic E-state index is 11.4. The van der Waals surface area contributed by atoms with Gasteiger partial charge in [-0.2, -0.15) is 0 Å². The lowest BCUT2D eigenvalue weighted by Crippen LogP contribution is -2.28. The molecule has 0 radical (unpaired) electrons. The van der Waals surface area contributed by atoms with Crippen molar-refractivity contribution in [2.45, 2.75) is 19.8 Å². The molecule has 4 nitrogen and oxygen atoms in total. The summed E-state index contributed by atoms with van der Waals surface area (Å²) in [6, 6.07) is 5.44. The summed E-state index contributed by atoms with van der Waals surface area (Å²) >= 11 is 5.98. The van der Waals surface area contributed by atoms with Gasteiger partial charge in [0.05, 0.1) is 17.9 Å². The van der Waals surface area contributed by atoms with Gasteiger partial charge in [-0.1, -0.05) is 24.6 Å². The molecular formula is C12H18ClNO3S. The van der Waals surface area contributed by atoms with E-state index in [9.17, 15) is 8.42 Å². The Morgan fingerprint density at radius 2 is 2.11 bits per heavy atom. The van der Waals surface area contributed by atoms with Crippen molar-refractivity contribution in [3.05, 3.63) is 28.8 Å². The van der Waals surface area contributed by atoms with Crippen LogP contribution >= 0.6 is 11.6 Å². The van der Waals surface area contributed by atoms with Crippen LogP contribution in [-0.2, 0) is 16.4 Å². The molecule has 0 aliphatic heterocycles. The van der Waals surface area contributed by atoms with Gasteiger partial charge in [-0.15, -0.1) is 0 Å². The van der Waals surface area contributed by atoms with Crippen molar-refractivity contribution >= 4 is 21.6 Å². The topological polar surface area (TPSA) is 55.4 Å². The Balaban J connectivity index is 2.52. The lowest BCUT2D eigenvalue weighted by atomic mass is 10.1. The molecule has 1 aromatic carbocycles. The second-order valence-electron chi connectivity index (χ2n) is 3.93. The van der Waals surface area contributed by atoms with Crippen LogP contribution in [0.5, 0.6) is 5.75 Å². The molecule has 18 heavy (non-hydrogen) atoms. The van der Waals surface area contributed by atoms with E-state index in [1.54, 1.807) is 19.2 Å². The highest BCUT2D eigenvalue weighted by atomic mass is 35.5. The van der Waals surface area contributed by atoms with Crippen LogP contribution < -0.4 is 9.46 Å². The van der Waals surface area contributed by atoms with E-state index in [-0.39, 0.29) is 5.75 Å². The SMILES string of the molecule is CCCS(=O)(=O)NCCc1ccc(OC)c(Cl)c1. The summed E-state index contributed by atoms with van der Waals surface area (Å²) in [5.41, 5.74) is 0.972. The summed E-state index contributed by atoms with van der Waals surface area (Å²) in [4.78, 5) is 0. The Morgan fingerprint density at radius 1 is 1.39 bits per heavy atom. The lowest BCUT2D eigenvalue weighted by Gasteiger charge is -2.07. The maximum atomic E-state index is 11.4. The Bertz CT molecular complexity index is 488. The van der Waals surface area contributed by atoms with Gasteiger partial charge in [0.15, 0.2) is 0 Å². The Labute approximate surface area is 113 Å². The number of rotatable bonds is 7. The van der Waals surface area contributed by atoms with Gasteiger partial charge >= 0.3 is 0 Å². The first-order valence-corrected chi connectivity index (χ1v) is 7.81. The van der Waals surface area contributed by atoms with E-state index >= 15 is 0 Å². The molecule has 6 heteroatoms. The average molecular weight is 292 g/mol. The van der Waals surface area contributed by atoms with E-state index in [0.717, 1.165) is 5.56 Å². The number of hydrogen-bond donors (Lipinski definition) is 1. The normalized spacial score (nSPS) is 11.5. The van der Waals surface area contributed by atoms with Gasteiger partial charge in [0.1, 0.15) is 5.75 Å². The second-order valence-corrected chi connectivity index (χ2v) is 6.27. The zero-order valence-corrected chi connectivity index (χ0v) is 12.1. The maximum Gasteiger partial charge on any atom is 0.211 e. The number of benzene rings is 1. The van der Waals surface area contributed by atoms with Gasteiger partial charge < -0.3 is 4.74 Å². The third-order valence-corrected chi connectivity index (χ3v) is 4.31. The molecule has 0 aliphatic carbocycles. The summed E-state index contributed by atoms with van der Waals surface area (Å²) < 4.78 is 30.5. The molecule has 0 atom stereocenters. The van der Waals surface area contributed by atoms with Crippen LogP contribution in [0.1, 0.15) is 18.9 Å². The van der Waals surface area contributed by atoms with Gasteiger partial charge in [0, 0.05) is 6.54 Å². The molecule has 0 heterocycles. The highest BCUT2D eigenvalue weighted by Gasteiger charge is 2.08. The molecule has 0 saturated heterocycles. The largest absolute Gasteiger partial charge is 0.495 e. The van der Waals surface area contributed by atoms with Crippen molar-refractivity contribution in [2.75, 3.05) is 19.4 Å². The number of halogens is 1. The highest BCUT2D eigenvalue weighted by Crippen LogP contribution is 2.24. The van der Waals surface area contributed by atoms with Gasteiger partial charge in [-0.25, -0.2) is 13.1 Å². The van der Waals surface area contributed by atoms with E-state index < -0.39 is 10.0 Å². The van der Waals surface area contributed by atoms with Crippen molar-refractivity contribution in [3.63, 3.8) is 0 Å². The third-order valence-electron chi connectivity index (χ3n) is 2.42. The van der Waals surface area contributed by atoms with Gasteiger partial charge in [-0.3, -0.25) is 0 Å². The first kappa shape index (κ1) is 15.3. The minimum atomic E-state index is -3.13. The fourth-order valence-electron chi connectivity index (χ4n) is 1.56. The number of hydrogen-bond acceptors (Lipinski definition) is 3. The summed E-state index contributed by atoms with van der Waals surface area (Å²) in [6.45, 7) is 2.22. The van der Waals surface area contributed by atoms with Gasteiger partial charge in [0.25, 0.3) is 0 Å². The smallest absolute Gasteiger partial charge is 0.211 e. The molecule has 1 rings (SSSR count). The molecule has 0 fully saturated rings. The molecule has 0 aliphatic rings. The van der Waals surface area contributed by atoms with Crippen LogP contribution in [0.25, 0.3) is 0 Å². The van der Waals surface area contributed by atoms with Gasteiger partial charge in [0.2, 0.25) is 10.0 Å². The predicted molar refractivity (Wildman–Crippen MR) is 73.8 cm³/mol. The summed E-state index contributed by atoms with van der Waals surface area (Å²) in [7, 11) is -1.58. The number of nitrogens with one attached hydrogen (secondary N) is 1. The molecular weight excluding hydrogens is 274 g/mol. The molecule has 0 bridgehead atoms. The minimum absolute atomic E-state index is 0.163. The van der Waals surface area contributed by atoms with Crippen LogP contribution in [-0.4, -0.2) is 27.8 Å². The van der Waals surface area contributed by atoms with Crippen molar-refractivity contribution in [1.29, 1.82) is 0 Å². The van der Waals surface area contributed by atoms with Crippen LogP contribution in [0.15, 0.2) is 18.2 Å². The molecule has 0 saturated carbocycles. The zero-order chi connectivity index (χ0) is 13.6. The van der Waals surface area contributed by atoms with Crippen LogP contribution in [0.3, 0.4) is 0 Å². The number of sulfonamides is 1. The predicted octanol–water partition coefficient (Wildman–Crippen LogP) is 2.22. The Morgan fingerprint density at radius 3 is 2.67 bits per heavy atom. The molecule has 0 amide bonds. The van der Waals surface area contributed by atoms with Crippen LogP contribution in [0.4, 0.5) is 0 Å². The number of ether oxygens (including phenoxy) is 1. The lowest BCUT2D eigenvalue weighted by molar-refractivity contribution is 0.415. The Kier molecular flexibility index (Phi) is 5.91. The summed E-state index contributed by atoms with van der Waals surface area (Å²) in [6.07, 6.45) is 1.22. The molecule has 102 valence electrons. The first-order chi connectivity index (χ1) is 8.48. The van der Waals surface area contributed by atoms with Crippen molar-refractivity contribution in [3.8, 4) is 5.75 Å². The average Bonchev–Trinajstić information content (AvgIpc) is 2.29. The first-order valence-electron chi connectivity index (χ1n) is 5.78. The van der Waals surface area contributed by atoms with Crippen LogP contribution in [0.2, 0.25) is 5.02 Å². The number of methoxy groups -OCH3 is 1. The fourth-order valence-corrected chi connectivity index (χ4v) is 2.93. The minimum Gasteiger partial charge on any atom is -0.495 e. The highest BCUT2D eigenvalue weighted by molar-refractivity contribution is 7.89. The van der Waals surface area contributed by atoms with E-state index in [1.165, 1.54) is 0 Å². The molecule has 0 unspecified atom stereocenters. The molecule has 0 aromatic heterocycles. The summed E-state index contributed by atoms with van der Waals surface area (Å²) in [5, 5.41) is 0.534. The van der Waals surface area contributed by atoms with E-state index in [4.69, 9.17) is 16.3 Å². The van der Waals surface area contributed by atoms with Gasteiger partial charge in [-0.05, 0) is 30.5 Å². The quantitative estimate of drug-likeness (QED) is 0.838. The second kappa shape index (κ2) is 6.97. The van der Waals surface area contributed by atoms with Crippen molar-refractivity contribution in [2.24, 2.45) is 0 Å². The van der Waals surface area contributed by atoms with E-state index in [2.05, 4.69) is 4.72 Å². The van der Waals surface area contributed by atoms with E-state index in [1.807, 2.05) is 13.0 Å². The van der Waals surface area contributed by atoms with Crippen LogP contribution in [0, 0.1) is 0 Å². The van der Waals surface area contributed by atoms with E-state index in [0.29, 0.717) is 30.2 Å². The standard InChI is InChI=1S/C12H18ClNO3S/c1-3-8-18(15,16)14-7-6-10-4-5-12(17-2)11(13)9-10/h4-5,9,14H,3,6-8H2,1-2H3. The van der Waals surface area contributed by atoms with Crippen molar-refractivity contribution in [1.82, 2.24) is 4.72 Å². The van der Waals surface area contributed by atoms with Crippen molar-refractivity contribution < 1.29 is 13.2 Å². The molecule has 1 aromatic rings. The Hall–Kier alpha value is -0.780. The zero-order valence-electron chi connectivity index (χ0n) is 10.6.